The summed E-state index contributed by atoms with van der Waals surface area (Å²) in [6, 6.07) is 5.21. The quantitative estimate of drug-likeness (QED) is 0.938. The van der Waals surface area contributed by atoms with Gasteiger partial charge in [-0.05, 0) is 38.5 Å². The van der Waals surface area contributed by atoms with Crippen LogP contribution in [0, 0.1) is 6.92 Å². The second kappa shape index (κ2) is 5.01. The molecule has 19 heavy (non-hydrogen) atoms. The van der Waals surface area contributed by atoms with Gasteiger partial charge in [0.1, 0.15) is 0 Å². The molecule has 1 amide bonds. The molecular formula is C13H14ClN3O2. The molecule has 2 rings (SSSR count). The minimum Gasteiger partial charge on any atom is -0.343 e. The fourth-order valence-corrected chi connectivity index (χ4v) is 1.88. The molecule has 0 spiro atoms. The summed E-state index contributed by atoms with van der Waals surface area (Å²) >= 11 is 6.01. The van der Waals surface area contributed by atoms with E-state index in [1.165, 1.54) is 6.39 Å². The van der Waals surface area contributed by atoms with Gasteiger partial charge >= 0.3 is 0 Å². The first-order chi connectivity index (χ1) is 8.92. The lowest BCUT2D eigenvalue weighted by atomic mass is 10.0. The third-order valence-corrected chi connectivity index (χ3v) is 3.27. The molecule has 0 atom stereocenters. The Bertz CT molecular complexity index is 594. The smallest absolute Gasteiger partial charge is 0.252 e. The van der Waals surface area contributed by atoms with Crippen LogP contribution in [0.2, 0.25) is 5.02 Å². The largest absolute Gasteiger partial charge is 0.343 e. The molecule has 0 unspecified atom stereocenters. The van der Waals surface area contributed by atoms with Gasteiger partial charge in [-0.2, -0.15) is 4.98 Å². The van der Waals surface area contributed by atoms with E-state index < -0.39 is 5.54 Å². The summed E-state index contributed by atoms with van der Waals surface area (Å²) in [6.45, 7) is 5.41. The van der Waals surface area contributed by atoms with Crippen molar-refractivity contribution in [2.24, 2.45) is 0 Å². The summed E-state index contributed by atoms with van der Waals surface area (Å²) in [5.41, 5.74) is 0.549. The Balaban J connectivity index is 2.24. The van der Waals surface area contributed by atoms with E-state index >= 15 is 0 Å². The Morgan fingerprint density at radius 1 is 1.42 bits per heavy atom. The Morgan fingerprint density at radius 3 is 2.79 bits per heavy atom. The number of hydrogen-bond acceptors (Lipinski definition) is 4. The van der Waals surface area contributed by atoms with Crippen molar-refractivity contribution in [2.75, 3.05) is 0 Å². The predicted molar refractivity (Wildman–Crippen MR) is 71.0 cm³/mol. The number of nitrogens with one attached hydrogen (secondary N) is 1. The number of hydrogen-bond donors (Lipinski definition) is 1. The highest BCUT2D eigenvalue weighted by Crippen LogP contribution is 2.21. The Morgan fingerprint density at radius 2 is 2.16 bits per heavy atom. The zero-order valence-corrected chi connectivity index (χ0v) is 11.7. The number of carbonyl (C=O) groups excluding carboxylic acids is 1. The van der Waals surface area contributed by atoms with Gasteiger partial charge in [0.05, 0.1) is 5.54 Å². The van der Waals surface area contributed by atoms with Crippen LogP contribution < -0.4 is 5.32 Å². The van der Waals surface area contributed by atoms with Crippen molar-refractivity contribution in [3.63, 3.8) is 0 Å². The van der Waals surface area contributed by atoms with Crippen LogP contribution in [-0.4, -0.2) is 16.0 Å². The van der Waals surface area contributed by atoms with Crippen molar-refractivity contribution in [1.29, 1.82) is 0 Å². The van der Waals surface area contributed by atoms with Crippen LogP contribution in [0.1, 0.15) is 35.6 Å². The van der Waals surface area contributed by atoms with E-state index in [2.05, 4.69) is 15.5 Å². The topological polar surface area (TPSA) is 68.0 Å². The highest BCUT2D eigenvalue weighted by atomic mass is 35.5. The van der Waals surface area contributed by atoms with Crippen molar-refractivity contribution in [3.05, 3.63) is 46.6 Å². The molecule has 5 nitrogen and oxygen atoms in total. The van der Waals surface area contributed by atoms with Crippen LogP contribution in [0.5, 0.6) is 0 Å². The first kappa shape index (κ1) is 13.5. The molecule has 0 saturated carbocycles. The van der Waals surface area contributed by atoms with Gasteiger partial charge in [-0.1, -0.05) is 22.8 Å². The maximum Gasteiger partial charge on any atom is 0.252 e. The molecule has 1 aromatic heterocycles. The molecule has 1 heterocycles. The number of aromatic nitrogens is 2. The van der Waals surface area contributed by atoms with Gasteiger partial charge in [0.25, 0.3) is 5.91 Å². The van der Waals surface area contributed by atoms with Gasteiger partial charge in [-0.25, -0.2) is 0 Å². The summed E-state index contributed by atoms with van der Waals surface area (Å²) in [6.07, 6.45) is 1.23. The standard InChI is InChI=1S/C13H14ClN3O2/c1-8-9(5-4-6-10(8)14)11(18)16-13(2,3)12-15-7-19-17-12/h4-7H,1-3H3,(H,16,18). The third kappa shape index (κ3) is 2.76. The number of halogens is 1. The average Bonchev–Trinajstić information content (AvgIpc) is 2.86. The molecular weight excluding hydrogens is 266 g/mol. The maximum absolute atomic E-state index is 12.3. The molecule has 0 saturated heterocycles. The molecule has 0 bridgehead atoms. The summed E-state index contributed by atoms with van der Waals surface area (Å²) < 4.78 is 4.70. The van der Waals surface area contributed by atoms with Crippen molar-refractivity contribution in [3.8, 4) is 0 Å². The predicted octanol–water partition coefficient (Wildman–Crippen LogP) is 2.70. The number of benzene rings is 1. The first-order valence-electron chi connectivity index (χ1n) is 5.76. The van der Waals surface area contributed by atoms with Crippen molar-refractivity contribution in [2.45, 2.75) is 26.3 Å². The van der Waals surface area contributed by atoms with Crippen molar-refractivity contribution in [1.82, 2.24) is 15.5 Å². The molecule has 1 aromatic carbocycles. The summed E-state index contributed by atoms with van der Waals surface area (Å²) in [4.78, 5) is 16.2. The molecule has 0 fully saturated rings. The highest BCUT2D eigenvalue weighted by Gasteiger charge is 2.28. The van der Waals surface area contributed by atoms with E-state index in [0.29, 0.717) is 16.4 Å². The monoisotopic (exact) mass is 279 g/mol. The molecule has 0 aliphatic rings. The maximum atomic E-state index is 12.3. The van der Waals surface area contributed by atoms with Crippen LogP contribution in [0.25, 0.3) is 0 Å². The van der Waals surface area contributed by atoms with Crippen LogP contribution >= 0.6 is 11.6 Å². The molecule has 0 aliphatic heterocycles. The third-order valence-electron chi connectivity index (χ3n) is 2.86. The average molecular weight is 280 g/mol. The van der Waals surface area contributed by atoms with Crippen LogP contribution in [0.4, 0.5) is 0 Å². The number of nitrogens with zero attached hydrogens (tertiary/aromatic N) is 2. The minimum atomic E-state index is -0.723. The normalized spacial score (nSPS) is 11.4. The highest BCUT2D eigenvalue weighted by molar-refractivity contribution is 6.31. The number of rotatable bonds is 3. The van der Waals surface area contributed by atoms with E-state index in [0.717, 1.165) is 5.56 Å². The van der Waals surface area contributed by atoms with E-state index in [9.17, 15) is 4.79 Å². The summed E-state index contributed by atoms with van der Waals surface area (Å²) in [5.74, 6) is 0.190. The molecule has 100 valence electrons. The second-order valence-electron chi connectivity index (χ2n) is 4.75. The van der Waals surface area contributed by atoms with Crippen molar-refractivity contribution >= 4 is 17.5 Å². The Kier molecular flexibility index (Phi) is 3.57. The van der Waals surface area contributed by atoms with Crippen LogP contribution in [0.15, 0.2) is 29.1 Å². The van der Waals surface area contributed by atoms with Gasteiger partial charge in [0.15, 0.2) is 5.82 Å². The molecule has 0 radical (unpaired) electrons. The van der Waals surface area contributed by atoms with Gasteiger partial charge in [0, 0.05) is 10.6 Å². The fourth-order valence-electron chi connectivity index (χ4n) is 1.71. The number of amides is 1. The van der Waals surface area contributed by atoms with E-state index in [1.54, 1.807) is 39.0 Å². The summed E-state index contributed by atoms with van der Waals surface area (Å²) in [5, 5.41) is 7.17. The molecule has 2 aromatic rings. The first-order valence-corrected chi connectivity index (χ1v) is 6.14. The molecule has 6 heteroatoms. The number of carbonyl (C=O) groups is 1. The second-order valence-corrected chi connectivity index (χ2v) is 5.15. The van der Waals surface area contributed by atoms with Crippen LogP contribution in [0.3, 0.4) is 0 Å². The zero-order valence-electron chi connectivity index (χ0n) is 10.9. The van der Waals surface area contributed by atoms with E-state index in [-0.39, 0.29) is 5.91 Å². The zero-order chi connectivity index (χ0) is 14.0. The Hall–Kier alpha value is -1.88. The van der Waals surface area contributed by atoms with Crippen LogP contribution in [-0.2, 0) is 5.54 Å². The van der Waals surface area contributed by atoms with Gasteiger partial charge in [0.2, 0.25) is 6.39 Å². The molecule has 1 N–H and O–H groups in total. The lowest BCUT2D eigenvalue weighted by molar-refractivity contribution is 0.0907. The molecule has 0 aliphatic carbocycles. The van der Waals surface area contributed by atoms with Gasteiger partial charge in [-0.15, -0.1) is 0 Å². The Labute approximate surface area is 116 Å². The summed E-state index contributed by atoms with van der Waals surface area (Å²) in [7, 11) is 0. The lowest BCUT2D eigenvalue weighted by Gasteiger charge is -2.22. The van der Waals surface area contributed by atoms with Crippen molar-refractivity contribution < 1.29 is 9.32 Å². The lowest BCUT2D eigenvalue weighted by Crippen LogP contribution is -2.42. The fraction of sp³-hybridized carbons (Fsp3) is 0.308. The van der Waals surface area contributed by atoms with E-state index in [1.807, 2.05) is 0 Å². The van der Waals surface area contributed by atoms with E-state index in [4.69, 9.17) is 16.1 Å². The van der Waals surface area contributed by atoms with Gasteiger partial charge < -0.3 is 9.84 Å². The minimum absolute atomic E-state index is 0.227. The SMILES string of the molecule is Cc1c(Cl)cccc1C(=O)NC(C)(C)c1ncon1. The van der Waals surface area contributed by atoms with Gasteiger partial charge in [-0.3, -0.25) is 4.79 Å².